The summed E-state index contributed by atoms with van der Waals surface area (Å²) in [4.78, 5) is 0. The normalized spacial score (nSPS) is 38.2. The molecule has 4 aliphatic carbocycles. The van der Waals surface area contributed by atoms with E-state index in [-0.39, 0.29) is 30.1 Å². The van der Waals surface area contributed by atoms with Gasteiger partial charge in [-0.1, -0.05) is 31.2 Å². The van der Waals surface area contributed by atoms with Crippen LogP contribution >= 0.6 is 0 Å². The molecule has 1 aromatic carbocycles. The lowest BCUT2D eigenvalue weighted by atomic mass is 9.58. The Labute approximate surface area is 207 Å². The molecule has 0 bridgehead atoms. The summed E-state index contributed by atoms with van der Waals surface area (Å²) in [6.45, 7) is 2.27. The predicted molar refractivity (Wildman–Crippen MR) is 137 cm³/mol. The Hall–Kier alpha value is -2.15. The number of rotatable bonds is 1. The molecule has 3 N–H and O–H groups in total. The number of hydrogen-bond donors (Lipinski definition) is 3. The lowest BCUT2D eigenvalue weighted by Crippen LogP contribution is -2.49. The van der Waals surface area contributed by atoms with Crippen LogP contribution < -0.4 is 5.32 Å². The highest BCUT2D eigenvalue weighted by molar-refractivity contribution is 5.86. The van der Waals surface area contributed by atoms with Gasteiger partial charge in [-0.05, 0) is 81.3 Å². The molecular formula is C29H38FN3O2. The van der Waals surface area contributed by atoms with Gasteiger partial charge in [0.25, 0.3) is 0 Å². The summed E-state index contributed by atoms with van der Waals surface area (Å²) in [6, 6.07) is 6.41. The van der Waals surface area contributed by atoms with E-state index in [0.29, 0.717) is 25.7 Å². The van der Waals surface area contributed by atoms with Gasteiger partial charge in [0.15, 0.2) is 0 Å². The molecule has 2 aromatic rings. The Morgan fingerprint density at radius 1 is 1.06 bits per heavy atom. The molecular weight excluding hydrogens is 441 g/mol. The van der Waals surface area contributed by atoms with Gasteiger partial charge in [0.2, 0.25) is 0 Å². The minimum atomic E-state index is -1.39. The molecule has 35 heavy (non-hydrogen) atoms. The van der Waals surface area contributed by atoms with E-state index >= 15 is 4.39 Å². The quantitative estimate of drug-likeness (QED) is 0.503. The average Bonchev–Trinajstić information content (AvgIpc) is 3.13. The Morgan fingerprint density at radius 3 is 2.57 bits per heavy atom. The minimum absolute atomic E-state index is 0.0462. The van der Waals surface area contributed by atoms with Crippen LogP contribution in [0.15, 0.2) is 48.3 Å². The van der Waals surface area contributed by atoms with Crippen molar-refractivity contribution in [1.82, 2.24) is 15.5 Å². The lowest BCUT2D eigenvalue weighted by molar-refractivity contribution is -0.0359. The minimum Gasteiger partial charge on any atom is -0.393 e. The van der Waals surface area contributed by atoms with Gasteiger partial charge >= 0.3 is 0 Å². The van der Waals surface area contributed by atoms with Crippen LogP contribution in [0.3, 0.4) is 0 Å². The van der Waals surface area contributed by atoms with Gasteiger partial charge in [-0.25, -0.2) is 4.39 Å². The van der Waals surface area contributed by atoms with Crippen molar-refractivity contribution in [3.8, 4) is 0 Å². The largest absolute Gasteiger partial charge is 0.393 e. The van der Waals surface area contributed by atoms with E-state index < -0.39 is 17.4 Å². The molecule has 2 fully saturated rings. The fourth-order valence-electron chi connectivity index (χ4n) is 7.44. The number of allylic oxidation sites excluding steroid dienone is 3. The molecule has 0 spiro atoms. The summed E-state index contributed by atoms with van der Waals surface area (Å²) in [6.07, 6.45) is 12.2. The van der Waals surface area contributed by atoms with E-state index in [1.165, 1.54) is 11.1 Å². The van der Waals surface area contributed by atoms with Crippen LogP contribution in [0.4, 0.5) is 4.39 Å². The van der Waals surface area contributed by atoms with Gasteiger partial charge < -0.3 is 15.5 Å². The van der Waals surface area contributed by atoms with Crippen LogP contribution in [-0.4, -0.2) is 51.9 Å². The summed E-state index contributed by atoms with van der Waals surface area (Å²) in [5.74, 6) is -0.0203. The number of halogens is 1. The van der Waals surface area contributed by atoms with Crippen LogP contribution in [0.25, 0.3) is 16.3 Å². The fraction of sp³-hybridized carbons (Fsp3) is 0.586. The zero-order chi connectivity index (χ0) is 24.8. The van der Waals surface area contributed by atoms with Crippen LogP contribution in [-0.2, 0) is 0 Å². The number of aromatic nitrogens is 2. The molecule has 5 unspecified atom stereocenters. The highest BCUT2D eigenvalue weighted by Crippen LogP contribution is 2.63. The molecule has 6 heteroatoms. The number of aliphatic hydroxyl groups is 2. The second-order valence-corrected chi connectivity index (χ2v) is 11.4. The van der Waals surface area contributed by atoms with Crippen molar-refractivity contribution >= 4 is 16.3 Å². The molecule has 0 saturated heterocycles. The molecule has 6 atom stereocenters. The maximum Gasteiger partial charge on any atom is 0.120 e. The van der Waals surface area contributed by atoms with Crippen LogP contribution in [0.1, 0.15) is 63.9 Å². The standard InChI is InChI=1S/C27H31FN2O2.C2H7N/c1-25-10-8-21-13-26(28)14-22(31)5-4-20(26)9-11-27(21,32)24(25)7-6-23(25)17-2-3-18-15-29-30-16-19(18)12-17;1-3-2/h2-3,6,8,12,15-16,20,22,24,31-32H,4-5,7,9-11,13-14H2,1H3;3H,1-2H3/t20?,22?,24?,25?,26?,27-;/m1./s1. The van der Waals surface area contributed by atoms with Crippen molar-refractivity contribution in [3.05, 3.63) is 53.9 Å². The van der Waals surface area contributed by atoms with E-state index in [0.717, 1.165) is 29.2 Å². The number of alkyl halides is 1. The van der Waals surface area contributed by atoms with Gasteiger partial charge in [0.05, 0.1) is 24.1 Å². The number of benzene rings is 1. The Bertz CT molecular complexity index is 1170. The fourth-order valence-corrected chi connectivity index (χ4v) is 7.44. The Balaban J connectivity index is 0.000000806. The lowest BCUT2D eigenvalue weighted by Gasteiger charge is -2.49. The maximum absolute atomic E-state index is 16.1. The molecule has 188 valence electrons. The van der Waals surface area contributed by atoms with E-state index in [4.69, 9.17) is 0 Å². The number of nitrogens with zero attached hydrogens (tertiary/aromatic N) is 2. The molecule has 1 heterocycles. The van der Waals surface area contributed by atoms with Crippen molar-refractivity contribution < 1.29 is 14.6 Å². The van der Waals surface area contributed by atoms with Gasteiger partial charge in [-0.2, -0.15) is 10.2 Å². The van der Waals surface area contributed by atoms with Crippen molar-refractivity contribution in [1.29, 1.82) is 0 Å². The molecule has 0 amide bonds. The van der Waals surface area contributed by atoms with E-state index in [2.05, 4.69) is 52.8 Å². The topological polar surface area (TPSA) is 78.3 Å². The second-order valence-electron chi connectivity index (χ2n) is 11.4. The molecule has 4 aliphatic rings. The van der Waals surface area contributed by atoms with Crippen LogP contribution in [0.2, 0.25) is 0 Å². The van der Waals surface area contributed by atoms with E-state index in [1.807, 2.05) is 14.1 Å². The molecule has 0 radical (unpaired) electrons. The Kier molecular flexibility index (Phi) is 6.35. The first-order valence-electron chi connectivity index (χ1n) is 13.0. The molecule has 1 aromatic heterocycles. The first-order chi connectivity index (χ1) is 16.7. The van der Waals surface area contributed by atoms with E-state index in [9.17, 15) is 10.2 Å². The van der Waals surface area contributed by atoms with Crippen molar-refractivity contribution in [3.63, 3.8) is 0 Å². The number of hydrogen-bond acceptors (Lipinski definition) is 5. The summed E-state index contributed by atoms with van der Waals surface area (Å²) in [7, 11) is 3.75. The first-order valence-corrected chi connectivity index (χ1v) is 13.0. The molecule has 6 rings (SSSR count). The summed E-state index contributed by atoms with van der Waals surface area (Å²) >= 11 is 0. The van der Waals surface area contributed by atoms with E-state index in [1.54, 1.807) is 12.4 Å². The SMILES string of the molecule is CC12CC=C3CC4(F)CC(O)CCC4CC[C@]3(O)C1CC=C2c1ccc2cnncc2c1.CNC. The van der Waals surface area contributed by atoms with Crippen molar-refractivity contribution in [2.45, 2.75) is 75.7 Å². The van der Waals surface area contributed by atoms with Crippen molar-refractivity contribution in [2.24, 2.45) is 17.3 Å². The first kappa shape index (κ1) is 24.5. The van der Waals surface area contributed by atoms with Crippen LogP contribution in [0.5, 0.6) is 0 Å². The van der Waals surface area contributed by atoms with Crippen LogP contribution in [0, 0.1) is 17.3 Å². The van der Waals surface area contributed by atoms with Gasteiger partial charge in [-0.3, -0.25) is 0 Å². The maximum atomic E-state index is 16.1. The third-order valence-electron chi connectivity index (χ3n) is 9.22. The monoisotopic (exact) mass is 479 g/mol. The van der Waals surface area contributed by atoms with Gasteiger partial charge in [-0.15, -0.1) is 0 Å². The smallest absolute Gasteiger partial charge is 0.120 e. The highest BCUT2D eigenvalue weighted by atomic mass is 19.1. The highest BCUT2D eigenvalue weighted by Gasteiger charge is 2.59. The third-order valence-corrected chi connectivity index (χ3v) is 9.22. The van der Waals surface area contributed by atoms with Gasteiger partial charge in [0, 0.05) is 34.9 Å². The number of fused-ring (bicyclic) bond motifs is 5. The van der Waals surface area contributed by atoms with Crippen molar-refractivity contribution in [2.75, 3.05) is 14.1 Å². The molecule has 2 saturated carbocycles. The number of nitrogens with one attached hydrogen (secondary N) is 1. The summed E-state index contributed by atoms with van der Waals surface area (Å²) < 4.78 is 16.1. The zero-order valence-corrected chi connectivity index (χ0v) is 21.1. The Morgan fingerprint density at radius 2 is 1.80 bits per heavy atom. The molecule has 0 aliphatic heterocycles. The summed E-state index contributed by atoms with van der Waals surface area (Å²) in [5, 5.41) is 35.2. The van der Waals surface area contributed by atoms with Gasteiger partial charge in [0.1, 0.15) is 5.67 Å². The summed E-state index contributed by atoms with van der Waals surface area (Å²) in [5.41, 5.74) is 0.762. The molecule has 5 nitrogen and oxygen atoms in total. The number of aliphatic hydroxyl groups excluding tert-OH is 1. The average molecular weight is 480 g/mol. The predicted octanol–water partition coefficient (Wildman–Crippen LogP) is 4.99. The zero-order valence-electron chi connectivity index (χ0n) is 21.1. The second kappa shape index (κ2) is 9.06. The third kappa shape index (κ3) is 4.04.